The van der Waals surface area contributed by atoms with Crippen molar-refractivity contribution in [2.24, 2.45) is 0 Å². The first kappa shape index (κ1) is 16.3. The lowest BCUT2D eigenvalue weighted by Crippen LogP contribution is -2.35. The van der Waals surface area contributed by atoms with E-state index in [9.17, 15) is 9.59 Å². The number of nitrogens with one attached hydrogen (secondary N) is 2. The lowest BCUT2D eigenvalue weighted by Gasteiger charge is -2.31. The first-order chi connectivity index (χ1) is 11.3. The number of benzene rings is 2. The van der Waals surface area contributed by atoms with Crippen molar-refractivity contribution in [3.63, 3.8) is 0 Å². The predicted octanol–water partition coefficient (Wildman–Crippen LogP) is 4.73. The lowest BCUT2D eigenvalue weighted by molar-refractivity contribution is 0.0620. The van der Waals surface area contributed by atoms with Crippen LogP contribution in [-0.2, 0) is 0 Å². The van der Waals surface area contributed by atoms with Crippen molar-refractivity contribution in [1.82, 2.24) is 0 Å². The van der Waals surface area contributed by atoms with Gasteiger partial charge in [0.25, 0.3) is 0 Å². The summed E-state index contributed by atoms with van der Waals surface area (Å²) in [5.41, 5.74) is 1.07. The minimum atomic E-state index is -0.511. The summed E-state index contributed by atoms with van der Waals surface area (Å²) in [7, 11) is 0. The van der Waals surface area contributed by atoms with Gasteiger partial charge in [-0.2, -0.15) is 0 Å². The fraction of sp³-hybridized carbons (Fsp3) is 0.222. The van der Waals surface area contributed by atoms with Gasteiger partial charge in [-0.15, -0.1) is 0 Å². The highest BCUT2D eigenvalue weighted by Gasteiger charge is 2.32. The summed E-state index contributed by atoms with van der Waals surface area (Å²) in [6.45, 7) is 3.75. The Morgan fingerprint density at radius 2 is 1.83 bits per heavy atom. The number of anilines is 2. The van der Waals surface area contributed by atoms with Crippen LogP contribution in [0.25, 0.3) is 0 Å². The Kier molecular flexibility index (Phi) is 4.20. The van der Waals surface area contributed by atoms with E-state index < -0.39 is 11.6 Å². The number of halogens is 1. The summed E-state index contributed by atoms with van der Waals surface area (Å²) < 4.78 is 5.79. The largest absolute Gasteiger partial charge is 0.487 e. The number of ketones is 1. The molecule has 1 aliphatic heterocycles. The molecule has 2 aromatic rings. The Morgan fingerprint density at radius 3 is 2.54 bits per heavy atom. The number of carbonyl (C=O) groups is 2. The summed E-state index contributed by atoms with van der Waals surface area (Å²) in [6, 6.07) is 11.5. The number of hydrogen-bond acceptors (Lipinski definition) is 3. The smallest absolute Gasteiger partial charge is 0.323 e. The fourth-order valence-electron chi connectivity index (χ4n) is 2.59. The van der Waals surface area contributed by atoms with Gasteiger partial charge < -0.3 is 15.4 Å². The van der Waals surface area contributed by atoms with Gasteiger partial charge in [0.2, 0.25) is 0 Å². The lowest BCUT2D eigenvalue weighted by atomic mass is 9.93. The maximum Gasteiger partial charge on any atom is 0.323 e. The van der Waals surface area contributed by atoms with Crippen LogP contribution in [0.2, 0.25) is 5.02 Å². The maximum atomic E-state index is 12.2. The summed E-state index contributed by atoms with van der Waals surface area (Å²) in [6.07, 6.45) is 0.304. The molecule has 3 rings (SSSR count). The van der Waals surface area contributed by atoms with Gasteiger partial charge in [0, 0.05) is 16.4 Å². The molecule has 6 heteroatoms. The highest BCUT2D eigenvalue weighted by molar-refractivity contribution is 6.30. The van der Waals surface area contributed by atoms with E-state index in [1.54, 1.807) is 42.5 Å². The molecule has 0 radical (unpaired) electrons. The zero-order valence-corrected chi connectivity index (χ0v) is 14.1. The molecule has 0 saturated carbocycles. The second-order valence-corrected chi connectivity index (χ2v) is 6.70. The average Bonchev–Trinajstić information content (AvgIpc) is 2.47. The van der Waals surface area contributed by atoms with Crippen LogP contribution in [0.4, 0.5) is 16.2 Å². The SMILES string of the molecule is CC1(C)CC(=O)c2cc(NC(=O)Nc3cccc(Cl)c3)ccc2O1. The van der Waals surface area contributed by atoms with Gasteiger partial charge in [0.05, 0.1) is 12.0 Å². The molecule has 0 fully saturated rings. The molecule has 0 bridgehead atoms. The average molecular weight is 345 g/mol. The number of rotatable bonds is 2. The highest BCUT2D eigenvalue weighted by Crippen LogP contribution is 2.34. The topological polar surface area (TPSA) is 67.4 Å². The van der Waals surface area contributed by atoms with Crippen molar-refractivity contribution in [3.05, 3.63) is 53.1 Å². The van der Waals surface area contributed by atoms with Crippen LogP contribution in [0.1, 0.15) is 30.6 Å². The third kappa shape index (κ3) is 3.68. The van der Waals surface area contributed by atoms with Gasteiger partial charge in [0.15, 0.2) is 5.78 Å². The van der Waals surface area contributed by atoms with E-state index in [2.05, 4.69) is 10.6 Å². The Balaban J connectivity index is 1.73. The molecule has 0 atom stereocenters. The van der Waals surface area contributed by atoms with Crippen molar-refractivity contribution < 1.29 is 14.3 Å². The molecule has 2 amide bonds. The quantitative estimate of drug-likeness (QED) is 0.827. The van der Waals surface area contributed by atoms with Gasteiger partial charge in [-0.3, -0.25) is 4.79 Å². The predicted molar refractivity (Wildman–Crippen MR) is 94.2 cm³/mol. The minimum Gasteiger partial charge on any atom is -0.487 e. The molecule has 0 unspecified atom stereocenters. The first-order valence-corrected chi connectivity index (χ1v) is 7.90. The number of amides is 2. The second kappa shape index (κ2) is 6.17. The number of ether oxygens (including phenoxy) is 1. The van der Waals surface area contributed by atoms with Crippen LogP contribution >= 0.6 is 11.6 Å². The Hall–Kier alpha value is -2.53. The molecular formula is C18H17ClN2O3. The molecule has 0 aliphatic carbocycles. The molecule has 124 valence electrons. The molecule has 2 aromatic carbocycles. The van der Waals surface area contributed by atoms with Gasteiger partial charge in [0.1, 0.15) is 11.4 Å². The molecule has 0 aromatic heterocycles. The summed E-state index contributed by atoms with van der Waals surface area (Å²) >= 11 is 5.88. The van der Waals surface area contributed by atoms with E-state index in [0.717, 1.165) is 0 Å². The molecule has 5 nitrogen and oxygen atoms in total. The van der Waals surface area contributed by atoms with Gasteiger partial charge in [-0.1, -0.05) is 17.7 Å². The monoisotopic (exact) mass is 344 g/mol. The second-order valence-electron chi connectivity index (χ2n) is 6.26. The highest BCUT2D eigenvalue weighted by atomic mass is 35.5. The van der Waals surface area contributed by atoms with Crippen molar-refractivity contribution in [1.29, 1.82) is 0 Å². The van der Waals surface area contributed by atoms with E-state index >= 15 is 0 Å². The Bertz CT molecular complexity index is 818. The van der Waals surface area contributed by atoms with E-state index in [1.165, 1.54) is 0 Å². The Morgan fingerprint density at radius 1 is 1.12 bits per heavy atom. The summed E-state index contributed by atoms with van der Waals surface area (Å²) in [4.78, 5) is 24.3. The van der Waals surface area contributed by atoms with Crippen LogP contribution in [0.15, 0.2) is 42.5 Å². The van der Waals surface area contributed by atoms with Crippen molar-refractivity contribution in [2.45, 2.75) is 25.9 Å². The normalized spacial score (nSPS) is 15.2. The summed E-state index contributed by atoms with van der Waals surface area (Å²) in [5, 5.41) is 5.92. The van der Waals surface area contributed by atoms with Gasteiger partial charge >= 0.3 is 6.03 Å². The molecule has 2 N–H and O–H groups in total. The van der Waals surface area contributed by atoms with Crippen LogP contribution in [0.3, 0.4) is 0 Å². The molecule has 1 aliphatic rings. The van der Waals surface area contributed by atoms with Gasteiger partial charge in [-0.25, -0.2) is 4.79 Å². The van der Waals surface area contributed by atoms with Crippen LogP contribution < -0.4 is 15.4 Å². The number of urea groups is 1. The van der Waals surface area contributed by atoms with Crippen LogP contribution in [0.5, 0.6) is 5.75 Å². The molecule has 24 heavy (non-hydrogen) atoms. The summed E-state index contributed by atoms with van der Waals surface area (Å²) in [5.74, 6) is 0.539. The van der Waals surface area contributed by atoms with Crippen molar-refractivity contribution in [2.75, 3.05) is 10.6 Å². The van der Waals surface area contributed by atoms with E-state index in [-0.39, 0.29) is 5.78 Å². The Labute approximate surface area is 145 Å². The minimum absolute atomic E-state index is 0.000138. The molecular weight excluding hydrogens is 328 g/mol. The van der Waals surface area contributed by atoms with E-state index in [0.29, 0.717) is 34.1 Å². The van der Waals surface area contributed by atoms with Crippen LogP contribution in [0, 0.1) is 0 Å². The fourth-order valence-corrected chi connectivity index (χ4v) is 2.78. The molecule has 1 heterocycles. The number of Topliss-reactive ketones (excluding diaryl/α,β-unsaturated/α-hetero) is 1. The number of carbonyl (C=O) groups excluding carboxylic acids is 2. The molecule has 0 spiro atoms. The van der Waals surface area contributed by atoms with Crippen molar-refractivity contribution in [3.8, 4) is 5.75 Å². The van der Waals surface area contributed by atoms with Crippen molar-refractivity contribution >= 4 is 34.8 Å². The zero-order valence-electron chi connectivity index (χ0n) is 13.4. The third-order valence-electron chi connectivity index (χ3n) is 3.59. The molecule has 0 saturated heterocycles. The third-order valence-corrected chi connectivity index (χ3v) is 3.83. The van der Waals surface area contributed by atoms with E-state index in [4.69, 9.17) is 16.3 Å². The first-order valence-electron chi connectivity index (χ1n) is 7.52. The number of fused-ring (bicyclic) bond motifs is 1. The van der Waals surface area contributed by atoms with E-state index in [1.807, 2.05) is 13.8 Å². The van der Waals surface area contributed by atoms with Crippen LogP contribution in [-0.4, -0.2) is 17.4 Å². The number of hydrogen-bond donors (Lipinski definition) is 2. The van der Waals surface area contributed by atoms with Gasteiger partial charge in [-0.05, 0) is 50.2 Å². The maximum absolute atomic E-state index is 12.2. The standard InChI is InChI=1S/C18H17ClN2O3/c1-18(2)10-15(22)14-9-13(6-7-16(14)24-18)21-17(23)20-12-5-3-4-11(19)8-12/h3-9H,10H2,1-2H3,(H2,20,21,23). The zero-order chi connectivity index (χ0) is 17.3.